The average Bonchev–Trinajstić information content (AvgIpc) is 3.06. The first-order chi connectivity index (χ1) is 12.8. The number of benzene rings is 1. The van der Waals surface area contributed by atoms with Gasteiger partial charge in [-0.2, -0.15) is 0 Å². The first kappa shape index (κ1) is 17.1. The van der Waals surface area contributed by atoms with Crippen molar-refractivity contribution in [2.75, 3.05) is 0 Å². The molecular formula is C21H28N4O. The van der Waals surface area contributed by atoms with E-state index in [9.17, 15) is 4.79 Å². The van der Waals surface area contributed by atoms with Gasteiger partial charge < -0.3 is 10.6 Å². The maximum atomic E-state index is 12.3. The van der Waals surface area contributed by atoms with Crippen molar-refractivity contribution in [2.45, 2.75) is 70.4 Å². The summed E-state index contributed by atoms with van der Waals surface area (Å²) in [6, 6.07) is 10.6. The molecule has 0 radical (unpaired) electrons. The summed E-state index contributed by atoms with van der Waals surface area (Å²) in [5, 5.41) is 6.16. The zero-order valence-electron chi connectivity index (χ0n) is 15.3. The number of hydrogen-bond acceptors (Lipinski definition) is 2. The van der Waals surface area contributed by atoms with E-state index in [2.05, 4.69) is 39.5 Å². The molecule has 0 saturated heterocycles. The van der Waals surface area contributed by atoms with E-state index in [0.29, 0.717) is 12.6 Å². The summed E-state index contributed by atoms with van der Waals surface area (Å²) in [4.78, 5) is 17.2. The van der Waals surface area contributed by atoms with Crippen LogP contribution >= 0.6 is 0 Å². The summed E-state index contributed by atoms with van der Waals surface area (Å²) in [5.41, 5.74) is 3.64. The van der Waals surface area contributed by atoms with Crippen LogP contribution in [-0.4, -0.2) is 21.6 Å². The highest BCUT2D eigenvalue weighted by Gasteiger charge is 2.21. The number of nitrogens with zero attached hydrogens (tertiary/aromatic N) is 2. The molecule has 2 aliphatic carbocycles. The molecule has 1 aromatic heterocycles. The fraction of sp³-hybridized carbons (Fsp3) is 0.524. The third kappa shape index (κ3) is 3.76. The molecule has 5 heteroatoms. The molecule has 4 rings (SSSR count). The molecule has 2 amide bonds. The van der Waals surface area contributed by atoms with Gasteiger partial charge in [-0.3, -0.25) is 4.57 Å². The zero-order chi connectivity index (χ0) is 17.8. The van der Waals surface area contributed by atoms with Gasteiger partial charge in [-0.05, 0) is 50.7 Å². The normalized spacial score (nSPS) is 17.5. The van der Waals surface area contributed by atoms with E-state index in [4.69, 9.17) is 4.98 Å². The zero-order valence-corrected chi connectivity index (χ0v) is 15.3. The number of amides is 2. The average molecular weight is 352 g/mol. The number of hydrogen-bond donors (Lipinski definition) is 2. The van der Waals surface area contributed by atoms with Crippen molar-refractivity contribution >= 4 is 6.03 Å². The van der Waals surface area contributed by atoms with Crippen LogP contribution in [0.5, 0.6) is 0 Å². The number of carbonyl (C=O) groups is 1. The minimum atomic E-state index is -0.0718. The second-order valence-corrected chi connectivity index (χ2v) is 7.46. The fourth-order valence-corrected chi connectivity index (χ4v) is 4.24. The number of aromatic nitrogens is 2. The second kappa shape index (κ2) is 7.94. The number of para-hydroxylation sites is 1. The van der Waals surface area contributed by atoms with Crippen molar-refractivity contribution in [1.29, 1.82) is 0 Å². The summed E-state index contributed by atoms with van der Waals surface area (Å²) >= 11 is 0. The van der Waals surface area contributed by atoms with Crippen molar-refractivity contribution in [3.63, 3.8) is 0 Å². The number of carbonyl (C=O) groups excluding carboxylic acids is 1. The van der Waals surface area contributed by atoms with Gasteiger partial charge in [0.1, 0.15) is 5.82 Å². The lowest BCUT2D eigenvalue weighted by atomic mass is 9.96. The van der Waals surface area contributed by atoms with Crippen LogP contribution in [0, 0.1) is 0 Å². The van der Waals surface area contributed by atoms with Gasteiger partial charge in [-0.15, -0.1) is 0 Å². The fourth-order valence-electron chi connectivity index (χ4n) is 4.24. The molecule has 1 aromatic carbocycles. The Morgan fingerprint density at radius 2 is 1.81 bits per heavy atom. The third-order valence-electron chi connectivity index (χ3n) is 5.56. The molecule has 138 valence electrons. The number of rotatable bonds is 4. The Morgan fingerprint density at radius 3 is 2.62 bits per heavy atom. The molecule has 2 N–H and O–H groups in total. The summed E-state index contributed by atoms with van der Waals surface area (Å²) in [6.07, 6.45) is 10.4. The van der Waals surface area contributed by atoms with Crippen molar-refractivity contribution in [2.24, 2.45) is 0 Å². The van der Waals surface area contributed by atoms with E-state index in [1.165, 1.54) is 43.5 Å². The predicted molar refractivity (Wildman–Crippen MR) is 102 cm³/mol. The lowest BCUT2D eigenvalue weighted by Crippen LogP contribution is -2.42. The molecule has 1 fully saturated rings. The Bertz CT molecular complexity index is 747. The summed E-state index contributed by atoms with van der Waals surface area (Å²) < 4.78 is 2.25. The van der Waals surface area contributed by atoms with Crippen LogP contribution in [0.2, 0.25) is 0 Å². The number of nitrogens with one attached hydrogen (secondary N) is 2. The predicted octanol–water partition coefficient (Wildman–Crippen LogP) is 3.88. The highest BCUT2D eigenvalue weighted by atomic mass is 16.2. The maximum absolute atomic E-state index is 12.3. The molecule has 5 nitrogen and oxygen atoms in total. The van der Waals surface area contributed by atoms with Gasteiger partial charge in [-0.25, -0.2) is 9.78 Å². The van der Waals surface area contributed by atoms with Gasteiger partial charge in [0.25, 0.3) is 0 Å². The molecule has 26 heavy (non-hydrogen) atoms. The second-order valence-electron chi connectivity index (χ2n) is 7.46. The van der Waals surface area contributed by atoms with Crippen molar-refractivity contribution < 1.29 is 4.79 Å². The van der Waals surface area contributed by atoms with Crippen LogP contribution in [0.1, 0.15) is 62.2 Å². The Labute approximate surface area is 155 Å². The van der Waals surface area contributed by atoms with Gasteiger partial charge in [0.05, 0.1) is 12.2 Å². The largest absolute Gasteiger partial charge is 0.335 e. The molecule has 0 aliphatic heterocycles. The minimum absolute atomic E-state index is 0.0718. The Morgan fingerprint density at radius 1 is 1.04 bits per heavy atom. The van der Waals surface area contributed by atoms with Crippen LogP contribution in [-0.2, 0) is 19.4 Å². The van der Waals surface area contributed by atoms with E-state index < -0.39 is 0 Å². The molecule has 2 aliphatic rings. The molecule has 0 bridgehead atoms. The van der Waals surface area contributed by atoms with E-state index >= 15 is 0 Å². The van der Waals surface area contributed by atoms with Crippen LogP contribution < -0.4 is 10.6 Å². The molecule has 1 heterocycles. The van der Waals surface area contributed by atoms with Crippen LogP contribution in [0.15, 0.2) is 30.3 Å². The highest BCUT2D eigenvalue weighted by Crippen LogP contribution is 2.25. The van der Waals surface area contributed by atoms with E-state index in [0.717, 1.165) is 37.2 Å². The third-order valence-corrected chi connectivity index (χ3v) is 5.56. The SMILES string of the molecule is O=C(NCc1nc2c(n1-c1ccccc1)CCCC2)NC1CCCCC1. The van der Waals surface area contributed by atoms with Gasteiger partial charge in [0.2, 0.25) is 0 Å². The van der Waals surface area contributed by atoms with Crippen LogP contribution in [0.4, 0.5) is 4.79 Å². The monoisotopic (exact) mass is 352 g/mol. The quantitative estimate of drug-likeness (QED) is 0.877. The van der Waals surface area contributed by atoms with Crippen LogP contribution in [0.3, 0.4) is 0 Å². The van der Waals surface area contributed by atoms with Crippen molar-refractivity contribution in [3.05, 3.63) is 47.5 Å². The highest BCUT2D eigenvalue weighted by molar-refractivity contribution is 5.74. The maximum Gasteiger partial charge on any atom is 0.315 e. The molecular weight excluding hydrogens is 324 g/mol. The topological polar surface area (TPSA) is 59.0 Å². The lowest BCUT2D eigenvalue weighted by Gasteiger charge is -2.23. The summed E-state index contributed by atoms with van der Waals surface area (Å²) in [7, 11) is 0. The number of fused-ring (bicyclic) bond motifs is 1. The van der Waals surface area contributed by atoms with Gasteiger partial charge in [0.15, 0.2) is 0 Å². The Kier molecular flexibility index (Phi) is 5.23. The lowest BCUT2D eigenvalue weighted by molar-refractivity contribution is 0.232. The van der Waals surface area contributed by atoms with Gasteiger partial charge >= 0.3 is 6.03 Å². The van der Waals surface area contributed by atoms with E-state index in [1.807, 2.05) is 6.07 Å². The first-order valence-corrected chi connectivity index (χ1v) is 10.0. The van der Waals surface area contributed by atoms with Crippen molar-refractivity contribution in [3.8, 4) is 5.69 Å². The van der Waals surface area contributed by atoms with E-state index in [-0.39, 0.29) is 6.03 Å². The van der Waals surface area contributed by atoms with Crippen LogP contribution in [0.25, 0.3) is 5.69 Å². The van der Waals surface area contributed by atoms with Crippen molar-refractivity contribution in [1.82, 2.24) is 20.2 Å². The number of urea groups is 1. The van der Waals surface area contributed by atoms with E-state index in [1.54, 1.807) is 0 Å². The molecule has 2 aromatic rings. The summed E-state index contributed by atoms with van der Waals surface area (Å²) in [5.74, 6) is 0.932. The number of aryl methyl sites for hydroxylation is 1. The standard InChI is InChI=1S/C21H28N4O/c26-21(23-16-9-3-1-4-10-16)22-15-20-24-18-13-7-8-14-19(18)25(20)17-11-5-2-6-12-17/h2,5-6,11-12,16H,1,3-4,7-10,13-15H2,(H2,22,23,26). The first-order valence-electron chi connectivity index (χ1n) is 10.0. The number of imidazole rings is 1. The van der Waals surface area contributed by atoms with Gasteiger partial charge in [0, 0.05) is 17.4 Å². The Hall–Kier alpha value is -2.30. The Balaban J connectivity index is 1.49. The molecule has 0 spiro atoms. The smallest absolute Gasteiger partial charge is 0.315 e. The minimum Gasteiger partial charge on any atom is -0.335 e. The molecule has 0 atom stereocenters. The van der Waals surface area contributed by atoms with Gasteiger partial charge in [-0.1, -0.05) is 37.5 Å². The summed E-state index contributed by atoms with van der Waals surface area (Å²) in [6.45, 7) is 0.459. The molecule has 0 unspecified atom stereocenters. The molecule has 1 saturated carbocycles.